The fraction of sp³-hybridized carbons (Fsp3) is 0.310. The summed E-state index contributed by atoms with van der Waals surface area (Å²) >= 11 is -3.99. The Hall–Kier alpha value is -1.95. The molecule has 0 aliphatic rings. The van der Waals surface area contributed by atoms with Crippen LogP contribution in [0.15, 0.2) is 70.5 Å². The molecule has 4 nitrogen and oxygen atoms in total. The van der Waals surface area contributed by atoms with Gasteiger partial charge in [0.05, 0.1) is 32.0 Å². The summed E-state index contributed by atoms with van der Waals surface area (Å²) < 4.78 is 42.3. The highest BCUT2D eigenvalue weighted by molar-refractivity contribution is 7.80. The first-order valence-electron chi connectivity index (χ1n) is 12.5. The Labute approximate surface area is 227 Å². The summed E-state index contributed by atoms with van der Waals surface area (Å²) in [6.45, 7) is 17.5. The van der Waals surface area contributed by atoms with E-state index in [4.69, 9.17) is 4.18 Å². The fourth-order valence-corrected chi connectivity index (χ4v) is 8.51. The Bertz CT molecular complexity index is 1550. The maximum Gasteiger partial charge on any atom is 0.190 e. The molecule has 0 heterocycles. The summed E-state index contributed by atoms with van der Waals surface area (Å²) in [5, 5.41) is 6.42. The van der Waals surface area contributed by atoms with Crippen molar-refractivity contribution in [3.63, 3.8) is 0 Å². The molecule has 4 rings (SSSR count). The molecule has 0 fully saturated rings. The zero-order valence-electron chi connectivity index (χ0n) is 22.8. The molecule has 0 aliphatic carbocycles. The van der Waals surface area contributed by atoms with E-state index in [9.17, 15) is 13.0 Å². The Balaban J connectivity index is 2.16. The van der Waals surface area contributed by atoms with E-state index >= 15 is 0 Å². The summed E-state index contributed by atoms with van der Waals surface area (Å²) in [7, 11) is -3.14. The van der Waals surface area contributed by atoms with Crippen LogP contribution in [0.3, 0.4) is 0 Å². The van der Waals surface area contributed by atoms with E-state index in [2.05, 4.69) is 75.7 Å². The summed E-state index contributed by atoms with van der Waals surface area (Å²) in [5.41, 5.74) is 1.34. The molecule has 0 aromatic heterocycles. The van der Waals surface area contributed by atoms with Crippen LogP contribution in [0.1, 0.15) is 13.8 Å². The molecule has 0 saturated carbocycles. The Morgan fingerprint density at radius 2 is 1.11 bits per heavy atom. The smallest absolute Gasteiger partial charge is 0.190 e. The van der Waals surface area contributed by atoms with Gasteiger partial charge in [-0.1, -0.05) is 98.2 Å². The van der Waals surface area contributed by atoms with E-state index < -0.39 is 38.3 Å². The monoisotopic (exact) mass is 568 g/mol. The first-order chi connectivity index (χ1) is 17.2. The molecule has 4 aromatic rings. The van der Waals surface area contributed by atoms with Gasteiger partial charge in [-0.15, -0.1) is 0 Å². The normalized spacial score (nSPS) is 14.4. The fourth-order valence-electron chi connectivity index (χ4n) is 4.58. The van der Waals surface area contributed by atoms with Gasteiger partial charge in [-0.3, -0.25) is 4.18 Å². The first-order valence-corrected chi connectivity index (χ1v) is 21.7. The number of rotatable bonds is 7. The van der Waals surface area contributed by atoms with Gasteiger partial charge in [0, 0.05) is 11.1 Å². The molecule has 1 N–H and O–H groups in total. The molecule has 0 spiro atoms. The van der Waals surface area contributed by atoms with Gasteiger partial charge in [0.2, 0.25) is 0 Å². The third kappa shape index (κ3) is 5.74. The number of benzene rings is 4. The van der Waals surface area contributed by atoms with E-state index in [1.165, 1.54) is 10.4 Å². The van der Waals surface area contributed by atoms with Crippen molar-refractivity contribution in [3.8, 4) is 11.1 Å². The lowest BCUT2D eigenvalue weighted by molar-refractivity contribution is 0.270. The van der Waals surface area contributed by atoms with Crippen molar-refractivity contribution in [2.75, 3.05) is 0 Å². The second-order valence-corrected chi connectivity index (χ2v) is 24.1. The highest BCUT2D eigenvalue weighted by Crippen LogP contribution is 2.41. The molecule has 0 saturated heterocycles. The maximum atomic E-state index is 13.5. The van der Waals surface area contributed by atoms with Crippen LogP contribution in [-0.4, -0.2) is 35.2 Å². The summed E-state index contributed by atoms with van der Waals surface area (Å²) in [4.78, 5) is 0.813. The molecule has 0 amide bonds. The standard InChI is InChI=1S/C29H36O4S2Si2/c1-19(2)33-35(32)27-16-10-21-18-23(37(6,7)8)12-14-25(21)29(27)28-24-13-11-22(36(3,4)5)17-20(24)9-15-26(28)34(30)31/h9-19H,1-8H3,(H,30,31). The second-order valence-electron chi connectivity index (χ2n) is 11.9. The van der Waals surface area contributed by atoms with Gasteiger partial charge in [-0.25, -0.2) is 8.42 Å². The van der Waals surface area contributed by atoms with Crippen molar-refractivity contribution >= 4 is 70.2 Å². The minimum absolute atomic E-state index is 0.239. The molecular weight excluding hydrogens is 533 g/mol. The molecule has 2 atom stereocenters. The van der Waals surface area contributed by atoms with Crippen LogP contribution in [0.2, 0.25) is 39.3 Å². The van der Waals surface area contributed by atoms with Crippen LogP contribution >= 0.6 is 0 Å². The molecule has 8 heteroatoms. The lowest BCUT2D eigenvalue weighted by Crippen LogP contribution is -2.37. The Kier molecular flexibility index (Phi) is 7.83. The average molecular weight is 569 g/mol. The van der Waals surface area contributed by atoms with Crippen LogP contribution in [0, 0.1) is 0 Å². The van der Waals surface area contributed by atoms with Crippen LogP contribution < -0.4 is 10.4 Å². The van der Waals surface area contributed by atoms with E-state index in [-0.39, 0.29) is 6.10 Å². The van der Waals surface area contributed by atoms with Gasteiger partial charge in [0.25, 0.3) is 0 Å². The first kappa shape index (κ1) is 28.1. The molecule has 2 unspecified atom stereocenters. The van der Waals surface area contributed by atoms with Gasteiger partial charge in [0.1, 0.15) is 0 Å². The van der Waals surface area contributed by atoms with Crippen LogP contribution in [0.25, 0.3) is 32.7 Å². The molecule has 0 bridgehead atoms. The number of fused-ring (bicyclic) bond motifs is 2. The van der Waals surface area contributed by atoms with Gasteiger partial charge >= 0.3 is 0 Å². The predicted octanol–water partition coefficient (Wildman–Crippen LogP) is 6.78. The van der Waals surface area contributed by atoms with E-state index in [1.807, 2.05) is 32.0 Å². The van der Waals surface area contributed by atoms with Crippen LogP contribution in [0.5, 0.6) is 0 Å². The molecule has 196 valence electrons. The predicted molar refractivity (Wildman–Crippen MR) is 165 cm³/mol. The van der Waals surface area contributed by atoms with E-state index in [0.717, 1.165) is 21.5 Å². The van der Waals surface area contributed by atoms with Crippen molar-refractivity contribution < 1.29 is 17.2 Å². The Morgan fingerprint density at radius 3 is 1.51 bits per heavy atom. The minimum atomic E-state index is -2.24. The lowest BCUT2D eigenvalue weighted by atomic mass is 9.93. The number of hydrogen-bond donors (Lipinski definition) is 1. The third-order valence-corrected chi connectivity index (χ3v) is 12.7. The van der Waals surface area contributed by atoms with Gasteiger partial charge in [0.15, 0.2) is 22.2 Å². The van der Waals surface area contributed by atoms with Crippen LogP contribution in [0.4, 0.5) is 0 Å². The lowest BCUT2D eigenvalue weighted by Gasteiger charge is -2.22. The van der Waals surface area contributed by atoms with Crippen LogP contribution in [-0.2, 0) is 26.3 Å². The molecular formula is C29H36O4S2Si2. The van der Waals surface area contributed by atoms with Crippen molar-refractivity contribution in [2.45, 2.75) is 69.0 Å². The third-order valence-electron chi connectivity index (χ3n) is 6.59. The van der Waals surface area contributed by atoms with Crippen molar-refractivity contribution in [1.29, 1.82) is 0 Å². The van der Waals surface area contributed by atoms with E-state index in [0.29, 0.717) is 20.9 Å². The van der Waals surface area contributed by atoms with E-state index in [1.54, 1.807) is 6.07 Å². The average Bonchev–Trinajstić information content (AvgIpc) is 2.80. The van der Waals surface area contributed by atoms with Crippen molar-refractivity contribution in [3.05, 3.63) is 60.7 Å². The largest absolute Gasteiger partial charge is 0.302 e. The highest BCUT2D eigenvalue weighted by atomic mass is 32.2. The van der Waals surface area contributed by atoms with Gasteiger partial charge in [-0.05, 0) is 47.5 Å². The topological polar surface area (TPSA) is 63.6 Å². The SMILES string of the molecule is CC(C)OS(=O)c1ccc2cc([Si](C)(C)C)ccc2c1-c1c(S(=O)O)ccc2cc([Si](C)(C)C)ccc12. The number of hydrogen-bond acceptors (Lipinski definition) is 3. The minimum Gasteiger partial charge on any atom is -0.302 e. The zero-order valence-corrected chi connectivity index (χ0v) is 26.5. The highest BCUT2D eigenvalue weighted by Gasteiger charge is 2.25. The maximum absolute atomic E-state index is 13.5. The summed E-state index contributed by atoms with van der Waals surface area (Å²) in [5.74, 6) is 0. The van der Waals surface area contributed by atoms with Gasteiger partial charge < -0.3 is 4.55 Å². The molecule has 0 radical (unpaired) electrons. The summed E-state index contributed by atoms with van der Waals surface area (Å²) in [6.07, 6.45) is -0.239. The van der Waals surface area contributed by atoms with Gasteiger partial charge in [-0.2, -0.15) is 0 Å². The Morgan fingerprint density at radius 1 is 0.676 bits per heavy atom. The van der Waals surface area contributed by atoms with Crippen molar-refractivity contribution in [1.82, 2.24) is 0 Å². The quantitative estimate of drug-likeness (QED) is 0.197. The second kappa shape index (κ2) is 10.3. The zero-order chi connectivity index (χ0) is 27.3. The summed E-state index contributed by atoms with van der Waals surface area (Å²) in [6, 6.07) is 20.3. The molecule has 4 aromatic carbocycles. The molecule has 37 heavy (non-hydrogen) atoms. The van der Waals surface area contributed by atoms with Crippen molar-refractivity contribution in [2.24, 2.45) is 0 Å². The molecule has 0 aliphatic heterocycles.